The van der Waals surface area contributed by atoms with E-state index in [-0.39, 0.29) is 16.9 Å². The number of halogens is 1. The first-order valence-electron chi connectivity index (χ1n) is 4.19. The zero-order valence-electron chi connectivity index (χ0n) is 8.27. The van der Waals surface area contributed by atoms with E-state index >= 15 is 0 Å². The van der Waals surface area contributed by atoms with Crippen LogP contribution < -0.4 is 4.74 Å². The summed E-state index contributed by atoms with van der Waals surface area (Å²) in [6.45, 7) is 0. The molecule has 16 heavy (non-hydrogen) atoms. The van der Waals surface area contributed by atoms with Gasteiger partial charge in [0.05, 0.1) is 24.3 Å². The van der Waals surface area contributed by atoms with Gasteiger partial charge in [0.1, 0.15) is 11.6 Å². The monoisotopic (exact) mass is 225 g/mol. The summed E-state index contributed by atoms with van der Waals surface area (Å²) in [5, 5.41) is 26.7. The fourth-order valence-corrected chi connectivity index (χ4v) is 1.26. The molecule has 5 nitrogen and oxygen atoms in total. The van der Waals surface area contributed by atoms with E-state index in [1.807, 2.05) is 0 Å². The van der Waals surface area contributed by atoms with Gasteiger partial charge in [-0.15, -0.1) is 0 Å². The van der Waals surface area contributed by atoms with Crippen LogP contribution in [0.25, 0.3) is 0 Å². The van der Waals surface area contributed by atoms with E-state index < -0.39 is 17.9 Å². The molecule has 0 heterocycles. The summed E-state index contributed by atoms with van der Waals surface area (Å²) >= 11 is 0. The molecule has 0 aromatic heterocycles. The molecule has 6 heteroatoms. The number of carboxylic acids is 1. The van der Waals surface area contributed by atoms with Crippen molar-refractivity contribution in [2.75, 3.05) is 7.11 Å². The fraction of sp³-hybridized carbons (Fsp3) is 0.200. The summed E-state index contributed by atoms with van der Waals surface area (Å²) in [5.41, 5.74) is -0.523. The molecule has 0 saturated heterocycles. The van der Waals surface area contributed by atoms with Crippen LogP contribution in [0.3, 0.4) is 0 Å². The van der Waals surface area contributed by atoms with Gasteiger partial charge in [0, 0.05) is 6.07 Å². The van der Waals surface area contributed by atoms with Crippen LogP contribution in [-0.4, -0.2) is 23.3 Å². The third-order valence-electron chi connectivity index (χ3n) is 1.95. The van der Waals surface area contributed by atoms with Crippen molar-refractivity contribution in [1.82, 2.24) is 0 Å². The molecule has 0 aliphatic heterocycles. The number of nitriles is 1. The van der Waals surface area contributed by atoms with E-state index in [9.17, 15) is 14.3 Å². The smallest absolute Gasteiger partial charge is 0.337 e. The molecule has 0 aliphatic carbocycles. The maximum Gasteiger partial charge on any atom is 0.337 e. The van der Waals surface area contributed by atoms with E-state index in [1.54, 1.807) is 6.07 Å². The number of aliphatic hydroxyl groups excluding tert-OH is 1. The Morgan fingerprint density at radius 1 is 1.62 bits per heavy atom. The van der Waals surface area contributed by atoms with Crippen molar-refractivity contribution in [3.8, 4) is 11.8 Å². The molecule has 2 N–H and O–H groups in total. The zero-order chi connectivity index (χ0) is 12.3. The topological polar surface area (TPSA) is 90.5 Å². The van der Waals surface area contributed by atoms with Gasteiger partial charge < -0.3 is 14.9 Å². The number of aliphatic hydroxyl groups is 1. The minimum absolute atomic E-state index is 0.175. The Balaban J connectivity index is 3.46. The summed E-state index contributed by atoms with van der Waals surface area (Å²) in [6, 6.07) is 3.35. The number of methoxy groups -OCH3 is 1. The molecule has 0 amide bonds. The van der Waals surface area contributed by atoms with Crippen molar-refractivity contribution in [2.24, 2.45) is 0 Å². The van der Waals surface area contributed by atoms with Crippen LogP contribution in [0.1, 0.15) is 17.2 Å². The van der Waals surface area contributed by atoms with E-state index in [0.29, 0.717) is 0 Å². The molecule has 1 aromatic rings. The van der Waals surface area contributed by atoms with Gasteiger partial charge in [0.2, 0.25) is 0 Å². The highest BCUT2D eigenvalue weighted by Crippen LogP contribution is 2.29. The molecule has 0 aliphatic rings. The molecule has 0 fully saturated rings. The average molecular weight is 225 g/mol. The van der Waals surface area contributed by atoms with Gasteiger partial charge in [-0.1, -0.05) is 0 Å². The van der Waals surface area contributed by atoms with Gasteiger partial charge in [-0.3, -0.25) is 0 Å². The quantitative estimate of drug-likeness (QED) is 0.794. The number of aliphatic carboxylic acids is 1. The van der Waals surface area contributed by atoms with Gasteiger partial charge in [0.15, 0.2) is 6.10 Å². The summed E-state index contributed by atoms with van der Waals surface area (Å²) in [5.74, 6) is -2.46. The van der Waals surface area contributed by atoms with Crippen LogP contribution in [0.15, 0.2) is 12.1 Å². The zero-order valence-corrected chi connectivity index (χ0v) is 8.27. The Labute approximate surface area is 90.3 Å². The molecule has 84 valence electrons. The lowest BCUT2D eigenvalue weighted by Gasteiger charge is -2.12. The summed E-state index contributed by atoms with van der Waals surface area (Å²) in [4.78, 5) is 10.6. The predicted molar refractivity (Wildman–Crippen MR) is 50.3 cm³/mol. The highest BCUT2D eigenvalue weighted by Gasteiger charge is 2.25. The minimum Gasteiger partial charge on any atom is -0.496 e. The second-order valence-corrected chi connectivity index (χ2v) is 2.92. The van der Waals surface area contributed by atoms with Gasteiger partial charge in [0.25, 0.3) is 0 Å². The third-order valence-corrected chi connectivity index (χ3v) is 1.95. The number of ether oxygens (including phenoxy) is 1. The second kappa shape index (κ2) is 4.59. The third kappa shape index (κ3) is 2.10. The number of hydrogen-bond acceptors (Lipinski definition) is 4. The van der Waals surface area contributed by atoms with Gasteiger partial charge in [-0.05, 0) is 6.07 Å². The molecule has 1 rings (SSSR count). The van der Waals surface area contributed by atoms with Crippen LogP contribution in [-0.2, 0) is 4.79 Å². The number of carbonyl (C=O) groups is 1. The Morgan fingerprint density at radius 2 is 2.25 bits per heavy atom. The molecular weight excluding hydrogens is 217 g/mol. The predicted octanol–water partition coefficient (Wildman–Crippen LogP) is 0.824. The maximum atomic E-state index is 13.0. The highest BCUT2D eigenvalue weighted by atomic mass is 19.1. The standard InChI is InChI=1S/C10H8FNO4/c1-16-7-3-6(11)2-5(4-12)8(7)9(13)10(14)15/h2-3,9,13H,1H3,(H,14,15). The number of benzene rings is 1. The summed E-state index contributed by atoms with van der Waals surface area (Å²) < 4.78 is 17.7. The van der Waals surface area contributed by atoms with Crippen molar-refractivity contribution in [3.63, 3.8) is 0 Å². The lowest BCUT2D eigenvalue weighted by atomic mass is 10.0. The Morgan fingerprint density at radius 3 is 2.69 bits per heavy atom. The minimum atomic E-state index is -1.93. The molecule has 0 radical (unpaired) electrons. The van der Waals surface area contributed by atoms with Gasteiger partial charge >= 0.3 is 5.97 Å². The van der Waals surface area contributed by atoms with Gasteiger partial charge in [-0.25, -0.2) is 9.18 Å². The highest BCUT2D eigenvalue weighted by molar-refractivity contribution is 5.76. The molecular formula is C10H8FNO4. The molecule has 0 spiro atoms. The van der Waals surface area contributed by atoms with E-state index in [0.717, 1.165) is 12.1 Å². The SMILES string of the molecule is COc1cc(F)cc(C#N)c1C(O)C(=O)O. The maximum absolute atomic E-state index is 13.0. The number of nitrogens with zero attached hydrogens (tertiary/aromatic N) is 1. The van der Waals surface area contributed by atoms with Crippen molar-refractivity contribution >= 4 is 5.97 Å². The van der Waals surface area contributed by atoms with Crippen molar-refractivity contribution in [2.45, 2.75) is 6.10 Å². The molecule has 1 unspecified atom stereocenters. The lowest BCUT2D eigenvalue weighted by molar-refractivity contribution is -0.147. The van der Waals surface area contributed by atoms with Crippen LogP contribution in [0.5, 0.6) is 5.75 Å². The summed E-state index contributed by atoms with van der Waals surface area (Å²) in [6.07, 6.45) is -1.93. The lowest BCUT2D eigenvalue weighted by Crippen LogP contribution is -2.13. The summed E-state index contributed by atoms with van der Waals surface area (Å²) in [7, 11) is 1.19. The van der Waals surface area contributed by atoms with Crippen LogP contribution in [0, 0.1) is 17.1 Å². The van der Waals surface area contributed by atoms with Crippen LogP contribution in [0.4, 0.5) is 4.39 Å². The van der Waals surface area contributed by atoms with Crippen LogP contribution in [0.2, 0.25) is 0 Å². The van der Waals surface area contributed by atoms with Crippen LogP contribution >= 0.6 is 0 Å². The van der Waals surface area contributed by atoms with Crippen molar-refractivity contribution in [1.29, 1.82) is 5.26 Å². The number of hydrogen-bond donors (Lipinski definition) is 2. The Kier molecular flexibility index (Phi) is 3.43. The van der Waals surface area contributed by atoms with Gasteiger partial charge in [-0.2, -0.15) is 5.26 Å². The number of carboxylic acid groups (broad SMARTS) is 1. The normalized spacial score (nSPS) is 11.6. The first-order chi connectivity index (χ1) is 7.51. The molecule has 0 bridgehead atoms. The molecule has 1 aromatic carbocycles. The average Bonchev–Trinajstić information content (AvgIpc) is 2.26. The van der Waals surface area contributed by atoms with Crippen molar-refractivity contribution in [3.05, 3.63) is 29.1 Å². The second-order valence-electron chi connectivity index (χ2n) is 2.92. The van der Waals surface area contributed by atoms with Crippen molar-refractivity contribution < 1.29 is 24.1 Å². The molecule has 0 saturated carbocycles. The first kappa shape index (κ1) is 11.9. The first-order valence-corrected chi connectivity index (χ1v) is 4.19. The largest absolute Gasteiger partial charge is 0.496 e. The Bertz CT molecular complexity index is 467. The number of rotatable bonds is 3. The van der Waals surface area contributed by atoms with E-state index in [4.69, 9.17) is 15.1 Å². The van der Waals surface area contributed by atoms with E-state index in [1.165, 1.54) is 7.11 Å². The fourth-order valence-electron chi connectivity index (χ4n) is 1.26. The molecule has 1 atom stereocenters. The van der Waals surface area contributed by atoms with E-state index in [2.05, 4.69) is 0 Å². The Hall–Kier alpha value is -2.13.